The molecule has 1 aromatic carbocycles. The fourth-order valence-corrected chi connectivity index (χ4v) is 0.855. The predicted octanol–water partition coefficient (Wildman–Crippen LogP) is 1.05. The van der Waals surface area contributed by atoms with Crippen molar-refractivity contribution in [3.05, 3.63) is 33.9 Å². The van der Waals surface area contributed by atoms with Gasteiger partial charge in [0.25, 0.3) is 0 Å². The molecule has 0 aliphatic heterocycles. The molecule has 0 heterocycles. The number of hydrogen-bond acceptors (Lipinski definition) is 4. The van der Waals surface area contributed by atoms with Crippen LogP contribution in [0.3, 0.4) is 0 Å². The van der Waals surface area contributed by atoms with Crippen LogP contribution >= 0.6 is 0 Å². The lowest BCUT2D eigenvalue weighted by Gasteiger charge is -1.96. The molecule has 1 rings (SSSR count). The molecular weight excluding hydrogens is 158 g/mol. The summed E-state index contributed by atoms with van der Waals surface area (Å²) in [6.07, 6.45) is 0. The minimum atomic E-state index is -0.659. The minimum absolute atomic E-state index is 0.0130. The summed E-state index contributed by atoms with van der Waals surface area (Å²) in [5.74, 6) is 0. The number of nitrogens with zero attached hydrogens (tertiary/aromatic N) is 2. The first kappa shape index (κ1) is 8.01. The maximum Gasteiger partial charge on any atom is 0.309 e. The van der Waals surface area contributed by atoms with Crippen LogP contribution in [-0.4, -0.2) is 4.92 Å². The Balaban J connectivity index is 3.42. The summed E-state index contributed by atoms with van der Waals surface area (Å²) in [5.41, 5.74) is 4.98. The molecule has 0 saturated carbocycles. The molecule has 0 saturated heterocycles. The van der Waals surface area contributed by atoms with E-state index in [0.717, 1.165) is 0 Å². The number of nitrogen functional groups attached to an aromatic ring is 1. The highest BCUT2D eigenvalue weighted by atomic mass is 16.6. The van der Waals surface area contributed by atoms with Crippen molar-refractivity contribution in [2.24, 2.45) is 0 Å². The van der Waals surface area contributed by atoms with Crippen molar-refractivity contribution in [1.82, 2.24) is 0 Å². The van der Waals surface area contributed by atoms with Gasteiger partial charge in [0.15, 0.2) is 0 Å². The van der Waals surface area contributed by atoms with Crippen LogP contribution < -0.4 is 5.73 Å². The summed E-state index contributed by atoms with van der Waals surface area (Å²) in [7, 11) is 0. The number of nitro groups is 1. The molecule has 0 spiro atoms. The van der Waals surface area contributed by atoms with Crippen LogP contribution in [0.1, 0.15) is 5.56 Å². The summed E-state index contributed by atoms with van der Waals surface area (Å²) in [4.78, 5) is 9.72. The smallest absolute Gasteiger partial charge is 0.309 e. The SMILES string of the molecule is N#Cc1cccc(N)c1[N+](=O)[O-]. The standard InChI is InChI=1S/C7H5N3O2/c8-4-5-2-1-3-6(9)7(5)10(11)12/h1-3H,9H2. The number of para-hydroxylation sites is 1. The molecule has 0 aromatic heterocycles. The van der Waals surface area contributed by atoms with E-state index in [1.807, 2.05) is 0 Å². The summed E-state index contributed by atoms with van der Waals surface area (Å²) < 4.78 is 0. The van der Waals surface area contributed by atoms with Crippen LogP contribution in [0.5, 0.6) is 0 Å². The molecule has 60 valence electrons. The van der Waals surface area contributed by atoms with Gasteiger partial charge in [-0.2, -0.15) is 5.26 Å². The quantitative estimate of drug-likeness (QED) is 0.380. The van der Waals surface area contributed by atoms with Gasteiger partial charge < -0.3 is 5.73 Å². The maximum atomic E-state index is 10.4. The Bertz CT molecular complexity index is 367. The summed E-state index contributed by atoms with van der Waals surface area (Å²) >= 11 is 0. The highest BCUT2D eigenvalue weighted by Gasteiger charge is 2.16. The average molecular weight is 163 g/mol. The van der Waals surface area contributed by atoms with Crippen molar-refractivity contribution in [3.8, 4) is 6.07 Å². The maximum absolute atomic E-state index is 10.4. The van der Waals surface area contributed by atoms with Crippen LogP contribution in [-0.2, 0) is 0 Å². The van der Waals surface area contributed by atoms with Gasteiger partial charge in [0.1, 0.15) is 17.3 Å². The number of nitriles is 1. The van der Waals surface area contributed by atoms with Gasteiger partial charge in [-0.1, -0.05) is 6.07 Å². The zero-order valence-corrected chi connectivity index (χ0v) is 6.02. The van der Waals surface area contributed by atoms with Gasteiger partial charge in [0.2, 0.25) is 0 Å². The summed E-state index contributed by atoms with van der Waals surface area (Å²) in [6, 6.07) is 5.94. The minimum Gasteiger partial charge on any atom is -0.393 e. The van der Waals surface area contributed by atoms with Crippen molar-refractivity contribution in [2.75, 3.05) is 5.73 Å². The Labute approximate surface area is 68.2 Å². The first-order chi connectivity index (χ1) is 5.66. The molecule has 0 aliphatic rings. The van der Waals surface area contributed by atoms with E-state index < -0.39 is 4.92 Å². The van der Waals surface area contributed by atoms with Gasteiger partial charge >= 0.3 is 5.69 Å². The molecule has 0 aliphatic carbocycles. The lowest BCUT2D eigenvalue weighted by Crippen LogP contribution is -1.97. The van der Waals surface area contributed by atoms with E-state index in [9.17, 15) is 10.1 Å². The Morgan fingerprint density at radius 1 is 1.58 bits per heavy atom. The van der Waals surface area contributed by atoms with E-state index in [4.69, 9.17) is 11.0 Å². The van der Waals surface area contributed by atoms with Crippen LogP contribution in [0.4, 0.5) is 11.4 Å². The molecule has 0 radical (unpaired) electrons. The molecule has 12 heavy (non-hydrogen) atoms. The van der Waals surface area contributed by atoms with E-state index >= 15 is 0 Å². The fraction of sp³-hybridized carbons (Fsp3) is 0. The van der Waals surface area contributed by atoms with Gasteiger partial charge in [-0.15, -0.1) is 0 Å². The second kappa shape index (κ2) is 2.88. The van der Waals surface area contributed by atoms with E-state index in [1.165, 1.54) is 18.2 Å². The monoisotopic (exact) mass is 163 g/mol. The lowest BCUT2D eigenvalue weighted by molar-refractivity contribution is -0.384. The molecule has 2 N–H and O–H groups in total. The molecule has 0 fully saturated rings. The highest BCUT2D eigenvalue weighted by molar-refractivity contribution is 5.65. The molecule has 5 heteroatoms. The van der Waals surface area contributed by atoms with Crippen LogP contribution in [0, 0.1) is 21.4 Å². The van der Waals surface area contributed by atoms with Crippen LogP contribution in [0.15, 0.2) is 18.2 Å². The Morgan fingerprint density at radius 3 is 2.67 bits per heavy atom. The lowest BCUT2D eigenvalue weighted by atomic mass is 10.2. The van der Waals surface area contributed by atoms with Gasteiger partial charge in [-0.3, -0.25) is 10.1 Å². The molecule has 0 atom stereocenters. The number of rotatable bonds is 1. The third-order valence-electron chi connectivity index (χ3n) is 1.37. The third kappa shape index (κ3) is 1.18. The molecule has 5 nitrogen and oxygen atoms in total. The largest absolute Gasteiger partial charge is 0.393 e. The number of nitro benzene ring substituents is 1. The van der Waals surface area contributed by atoms with Crippen molar-refractivity contribution in [3.63, 3.8) is 0 Å². The van der Waals surface area contributed by atoms with Crippen LogP contribution in [0.2, 0.25) is 0 Å². The predicted molar refractivity (Wildman–Crippen MR) is 42.2 cm³/mol. The first-order valence-electron chi connectivity index (χ1n) is 3.10. The van der Waals surface area contributed by atoms with Crippen LogP contribution in [0.25, 0.3) is 0 Å². The molecule has 0 amide bonds. The van der Waals surface area contributed by atoms with Gasteiger partial charge in [-0.05, 0) is 12.1 Å². The average Bonchev–Trinajstić information content (AvgIpc) is 2.03. The molecular formula is C7H5N3O2. The Morgan fingerprint density at radius 2 is 2.25 bits per heavy atom. The van der Waals surface area contributed by atoms with Crippen molar-refractivity contribution in [1.29, 1.82) is 5.26 Å². The normalized spacial score (nSPS) is 8.92. The number of nitrogens with two attached hydrogens (primary N) is 1. The summed E-state index contributed by atoms with van der Waals surface area (Å²) in [6.45, 7) is 0. The van der Waals surface area contributed by atoms with E-state index in [-0.39, 0.29) is 16.9 Å². The van der Waals surface area contributed by atoms with Gasteiger partial charge in [0, 0.05) is 0 Å². The summed E-state index contributed by atoms with van der Waals surface area (Å²) in [5, 5.41) is 18.9. The number of hydrogen-bond donors (Lipinski definition) is 1. The second-order valence-corrected chi connectivity index (χ2v) is 2.11. The zero-order chi connectivity index (χ0) is 9.14. The van der Waals surface area contributed by atoms with Gasteiger partial charge in [0.05, 0.1) is 4.92 Å². The Kier molecular flexibility index (Phi) is 1.92. The highest BCUT2D eigenvalue weighted by Crippen LogP contribution is 2.24. The fourth-order valence-electron chi connectivity index (χ4n) is 0.855. The topological polar surface area (TPSA) is 93.0 Å². The van der Waals surface area contributed by atoms with Crippen molar-refractivity contribution in [2.45, 2.75) is 0 Å². The third-order valence-corrected chi connectivity index (χ3v) is 1.37. The number of anilines is 1. The molecule has 1 aromatic rings. The number of benzene rings is 1. The van der Waals surface area contributed by atoms with Crippen molar-refractivity contribution >= 4 is 11.4 Å². The van der Waals surface area contributed by atoms with Gasteiger partial charge in [-0.25, -0.2) is 0 Å². The second-order valence-electron chi connectivity index (χ2n) is 2.11. The van der Waals surface area contributed by atoms with E-state index in [2.05, 4.69) is 0 Å². The van der Waals surface area contributed by atoms with E-state index in [0.29, 0.717) is 0 Å². The molecule has 0 bridgehead atoms. The Hall–Kier alpha value is -2.09. The zero-order valence-electron chi connectivity index (χ0n) is 6.02. The molecule has 0 unspecified atom stereocenters. The van der Waals surface area contributed by atoms with E-state index in [1.54, 1.807) is 6.07 Å². The van der Waals surface area contributed by atoms with Crippen molar-refractivity contribution < 1.29 is 4.92 Å². The first-order valence-corrected chi connectivity index (χ1v) is 3.10.